The van der Waals surface area contributed by atoms with Gasteiger partial charge in [-0.3, -0.25) is 4.79 Å². The molecule has 3 N–H and O–H groups in total. The molecule has 0 unspecified atom stereocenters. The lowest BCUT2D eigenvalue weighted by Gasteiger charge is -2.20. The van der Waals surface area contributed by atoms with E-state index < -0.39 is 6.09 Å². The van der Waals surface area contributed by atoms with Gasteiger partial charge in [0.2, 0.25) is 12.3 Å². The minimum atomic E-state index is -0.614. The van der Waals surface area contributed by atoms with Crippen LogP contribution in [0.5, 0.6) is 5.88 Å². The van der Waals surface area contributed by atoms with Crippen LogP contribution in [0.3, 0.4) is 0 Å². The van der Waals surface area contributed by atoms with E-state index in [9.17, 15) is 9.59 Å². The number of amides is 2. The summed E-state index contributed by atoms with van der Waals surface area (Å²) in [6.07, 6.45) is 0.631. The Morgan fingerprint density at radius 2 is 2.15 bits per heavy atom. The Morgan fingerprint density at radius 1 is 1.35 bits per heavy atom. The van der Waals surface area contributed by atoms with Crippen LogP contribution in [0.4, 0.5) is 4.79 Å². The number of aromatic nitrogens is 1. The molecule has 0 saturated carbocycles. The maximum Gasteiger partial charge on any atom is 0.414 e. The van der Waals surface area contributed by atoms with Crippen LogP contribution >= 0.6 is 34.5 Å². The average molecular weight is 410 g/mol. The van der Waals surface area contributed by atoms with E-state index in [2.05, 4.69) is 15.6 Å². The summed E-state index contributed by atoms with van der Waals surface area (Å²) in [7, 11) is 0. The molecule has 0 bridgehead atoms. The van der Waals surface area contributed by atoms with Gasteiger partial charge in [-0.05, 0) is 17.5 Å². The van der Waals surface area contributed by atoms with Gasteiger partial charge in [0.05, 0.1) is 27.3 Å². The van der Waals surface area contributed by atoms with Crippen LogP contribution in [-0.4, -0.2) is 23.5 Å². The van der Waals surface area contributed by atoms with E-state index in [1.165, 1.54) is 11.3 Å². The summed E-state index contributed by atoms with van der Waals surface area (Å²) in [5.74, 6) is 0.276. The van der Waals surface area contributed by atoms with E-state index in [0.29, 0.717) is 27.7 Å². The number of hydrogen-bond donors (Lipinski definition) is 3. The summed E-state index contributed by atoms with van der Waals surface area (Å²) in [4.78, 5) is 26.2. The van der Waals surface area contributed by atoms with Crippen LogP contribution < -0.4 is 15.4 Å². The van der Waals surface area contributed by atoms with Crippen molar-refractivity contribution in [3.05, 3.63) is 50.8 Å². The largest absolute Gasteiger partial charge is 0.414 e. The molecule has 0 radical (unpaired) electrons. The summed E-state index contributed by atoms with van der Waals surface area (Å²) in [5.41, 5.74) is 2.71. The number of rotatable bonds is 4. The molecule has 2 atom stereocenters. The highest BCUT2D eigenvalue weighted by atomic mass is 35.5. The quantitative estimate of drug-likeness (QED) is 0.568. The van der Waals surface area contributed by atoms with E-state index in [0.717, 1.165) is 15.8 Å². The fraction of sp³-hybridized carbons (Fsp3) is 0.176. The minimum absolute atomic E-state index is 0.276. The van der Waals surface area contributed by atoms with Crippen molar-refractivity contribution in [1.29, 1.82) is 0 Å². The minimum Gasteiger partial charge on any atom is -0.393 e. The molecule has 0 fully saturated rings. The normalized spacial score (nSPS) is 18.5. The predicted molar refractivity (Wildman–Crippen MR) is 101 cm³/mol. The maximum atomic E-state index is 12.3. The number of benzene rings is 1. The smallest absolute Gasteiger partial charge is 0.393 e. The van der Waals surface area contributed by atoms with Gasteiger partial charge in [-0.1, -0.05) is 47.5 Å². The topological polar surface area (TPSA) is 83.2 Å². The maximum absolute atomic E-state index is 12.3. The second kappa shape index (κ2) is 6.83. The van der Waals surface area contributed by atoms with Crippen LogP contribution in [-0.2, 0) is 11.2 Å². The van der Waals surface area contributed by atoms with Gasteiger partial charge in [-0.2, -0.15) is 0 Å². The number of fused-ring (bicyclic) bond motifs is 2. The van der Waals surface area contributed by atoms with E-state index in [4.69, 9.17) is 27.9 Å². The highest BCUT2D eigenvalue weighted by Gasteiger charge is 2.33. The molecule has 1 aromatic carbocycles. The summed E-state index contributed by atoms with van der Waals surface area (Å²) >= 11 is 13.3. The molecule has 2 aromatic heterocycles. The van der Waals surface area contributed by atoms with Gasteiger partial charge in [0.1, 0.15) is 4.34 Å². The van der Waals surface area contributed by atoms with Crippen molar-refractivity contribution in [2.45, 2.75) is 18.5 Å². The predicted octanol–water partition coefficient (Wildman–Crippen LogP) is 4.04. The SMILES string of the molecule is O=CN[C@H]1c2ccccc2C[C@@H]1NC(=O)Oc1cc2sc(Cl)c(Cl)c2[nH]1. The molecule has 1 aliphatic rings. The summed E-state index contributed by atoms with van der Waals surface area (Å²) in [6.45, 7) is 0. The fourth-order valence-electron chi connectivity index (χ4n) is 3.24. The molecule has 26 heavy (non-hydrogen) atoms. The number of halogens is 2. The number of carbonyl (C=O) groups is 2. The van der Waals surface area contributed by atoms with Gasteiger partial charge in [0.25, 0.3) is 0 Å². The standard InChI is InChI=1S/C17H13Cl2N3O3S/c18-13-15-11(26-16(13)19)6-12(22-15)25-17(24)21-10-5-8-3-1-2-4-9(8)14(10)20-7-23/h1-4,6-7,10,14,22H,5H2,(H,20,23)(H,21,24)/t10-,14-/m0/s1. The Labute approximate surface area is 162 Å². The van der Waals surface area contributed by atoms with E-state index >= 15 is 0 Å². The van der Waals surface area contributed by atoms with Gasteiger partial charge < -0.3 is 20.4 Å². The number of ether oxygens (including phenoxy) is 1. The van der Waals surface area contributed by atoms with E-state index in [1.54, 1.807) is 6.07 Å². The third-order valence-electron chi connectivity index (χ3n) is 4.33. The molecule has 2 amide bonds. The zero-order valence-electron chi connectivity index (χ0n) is 13.2. The zero-order valence-corrected chi connectivity index (χ0v) is 15.5. The lowest BCUT2D eigenvalue weighted by Crippen LogP contribution is -2.43. The molecule has 0 spiro atoms. The Morgan fingerprint density at radius 3 is 2.92 bits per heavy atom. The molecule has 0 saturated heterocycles. The van der Waals surface area contributed by atoms with Crippen LogP contribution in [0.15, 0.2) is 30.3 Å². The van der Waals surface area contributed by atoms with Gasteiger partial charge in [-0.25, -0.2) is 4.79 Å². The summed E-state index contributed by atoms with van der Waals surface area (Å²) in [6, 6.07) is 8.83. The Balaban J connectivity index is 1.47. The third-order valence-corrected chi connectivity index (χ3v) is 6.27. The lowest BCUT2D eigenvalue weighted by molar-refractivity contribution is -0.110. The molecular formula is C17H13Cl2N3O3S. The number of aromatic amines is 1. The number of hydrogen-bond acceptors (Lipinski definition) is 4. The molecule has 3 aromatic rings. The van der Waals surface area contributed by atoms with Crippen molar-refractivity contribution < 1.29 is 14.3 Å². The third kappa shape index (κ3) is 3.02. The van der Waals surface area contributed by atoms with Crippen molar-refractivity contribution in [2.24, 2.45) is 0 Å². The first-order valence-electron chi connectivity index (χ1n) is 7.79. The number of thiophene rings is 1. The van der Waals surface area contributed by atoms with Crippen molar-refractivity contribution in [3.8, 4) is 5.88 Å². The number of carbonyl (C=O) groups excluding carboxylic acids is 2. The molecule has 0 aliphatic heterocycles. The van der Waals surface area contributed by atoms with Crippen molar-refractivity contribution in [3.63, 3.8) is 0 Å². The summed E-state index contributed by atoms with van der Waals surface area (Å²) < 4.78 is 6.61. The fourth-order valence-corrected chi connectivity index (χ4v) is 4.71. The molecule has 2 heterocycles. The second-order valence-electron chi connectivity index (χ2n) is 5.87. The Hall–Kier alpha value is -2.22. The monoisotopic (exact) mass is 409 g/mol. The van der Waals surface area contributed by atoms with Crippen molar-refractivity contribution >= 4 is 57.3 Å². The Bertz CT molecular complexity index is 1000. The first kappa shape index (κ1) is 17.2. The van der Waals surface area contributed by atoms with Crippen LogP contribution in [0, 0.1) is 0 Å². The van der Waals surface area contributed by atoms with E-state index in [1.807, 2.05) is 24.3 Å². The molecule has 134 valence electrons. The first-order valence-corrected chi connectivity index (χ1v) is 9.36. The van der Waals surface area contributed by atoms with Gasteiger partial charge in [0.15, 0.2) is 0 Å². The zero-order chi connectivity index (χ0) is 18.3. The molecule has 6 nitrogen and oxygen atoms in total. The highest BCUT2D eigenvalue weighted by Crippen LogP contribution is 2.40. The van der Waals surface area contributed by atoms with E-state index in [-0.39, 0.29) is 18.0 Å². The molecule has 1 aliphatic carbocycles. The average Bonchev–Trinajstić information content (AvgIpc) is 3.23. The highest BCUT2D eigenvalue weighted by molar-refractivity contribution is 7.23. The van der Waals surface area contributed by atoms with Crippen molar-refractivity contribution in [1.82, 2.24) is 15.6 Å². The van der Waals surface area contributed by atoms with Gasteiger partial charge >= 0.3 is 6.09 Å². The molecule has 4 rings (SSSR count). The molecule has 9 heteroatoms. The van der Waals surface area contributed by atoms with Crippen LogP contribution in [0.2, 0.25) is 9.36 Å². The second-order valence-corrected chi connectivity index (χ2v) is 7.90. The van der Waals surface area contributed by atoms with Crippen molar-refractivity contribution in [2.75, 3.05) is 0 Å². The number of nitrogens with one attached hydrogen (secondary N) is 3. The number of H-pyrrole nitrogens is 1. The first-order chi connectivity index (χ1) is 12.6. The summed E-state index contributed by atoms with van der Waals surface area (Å²) in [5, 5.41) is 5.98. The Kier molecular flexibility index (Phi) is 4.52. The van der Waals surface area contributed by atoms with Crippen LogP contribution in [0.1, 0.15) is 17.2 Å². The van der Waals surface area contributed by atoms with Gasteiger partial charge in [-0.15, -0.1) is 11.3 Å². The lowest BCUT2D eigenvalue weighted by atomic mass is 10.1. The molecular weight excluding hydrogens is 397 g/mol. The van der Waals surface area contributed by atoms with Crippen LogP contribution in [0.25, 0.3) is 10.2 Å². The van der Waals surface area contributed by atoms with Gasteiger partial charge in [0, 0.05) is 6.07 Å².